The van der Waals surface area contributed by atoms with Crippen molar-refractivity contribution in [3.05, 3.63) is 23.7 Å². The number of hydrogen-bond acceptors (Lipinski definition) is 3. The fourth-order valence-electron chi connectivity index (χ4n) is 2.75. The molecule has 5 nitrogen and oxygen atoms in total. The predicted molar refractivity (Wildman–Crippen MR) is 73.6 cm³/mol. The van der Waals surface area contributed by atoms with Crippen LogP contribution < -0.4 is 5.32 Å². The van der Waals surface area contributed by atoms with Gasteiger partial charge in [-0.25, -0.2) is 4.79 Å². The van der Waals surface area contributed by atoms with E-state index in [1.54, 1.807) is 12.1 Å². The van der Waals surface area contributed by atoms with Gasteiger partial charge >= 0.3 is 5.97 Å². The molecule has 1 aliphatic carbocycles. The molecule has 1 heterocycles. The molecule has 0 aromatic carbocycles. The van der Waals surface area contributed by atoms with Gasteiger partial charge in [-0.15, -0.1) is 0 Å². The van der Waals surface area contributed by atoms with Gasteiger partial charge in [-0.1, -0.05) is 26.2 Å². The topological polar surface area (TPSA) is 79.5 Å². The summed E-state index contributed by atoms with van der Waals surface area (Å²) in [5.41, 5.74) is 0. The third kappa shape index (κ3) is 3.40. The molecule has 1 aliphatic rings. The largest absolute Gasteiger partial charge is 0.480 e. The molecule has 2 rings (SSSR count). The Bertz CT molecular complexity index is 474. The molecule has 20 heavy (non-hydrogen) atoms. The molecule has 0 saturated heterocycles. The van der Waals surface area contributed by atoms with Gasteiger partial charge in [0.05, 0.1) is 0 Å². The molecule has 0 aliphatic heterocycles. The Morgan fingerprint density at radius 2 is 2.05 bits per heavy atom. The summed E-state index contributed by atoms with van der Waals surface area (Å²) in [6.45, 7) is 1.93. The summed E-state index contributed by atoms with van der Waals surface area (Å²) in [6.07, 6.45) is 5.63. The van der Waals surface area contributed by atoms with E-state index in [1.807, 2.05) is 6.92 Å². The zero-order valence-electron chi connectivity index (χ0n) is 11.7. The van der Waals surface area contributed by atoms with Crippen LogP contribution in [0.15, 0.2) is 16.5 Å². The molecule has 1 aromatic heterocycles. The Kier molecular flexibility index (Phi) is 4.82. The number of furan rings is 1. The van der Waals surface area contributed by atoms with Crippen LogP contribution in [0.5, 0.6) is 0 Å². The van der Waals surface area contributed by atoms with Crippen molar-refractivity contribution in [2.24, 2.45) is 5.92 Å². The average molecular weight is 279 g/mol. The molecule has 1 aromatic rings. The lowest BCUT2D eigenvalue weighted by Gasteiger charge is -2.27. The maximum atomic E-state index is 12.1. The molecular weight excluding hydrogens is 258 g/mol. The highest BCUT2D eigenvalue weighted by Gasteiger charge is 2.31. The Morgan fingerprint density at radius 1 is 1.35 bits per heavy atom. The van der Waals surface area contributed by atoms with Gasteiger partial charge in [-0.2, -0.15) is 0 Å². The minimum atomic E-state index is -0.965. The lowest BCUT2D eigenvalue weighted by molar-refractivity contribution is -0.141. The van der Waals surface area contributed by atoms with Gasteiger partial charge in [0.25, 0.3) is 5.91 Å². The van der Waals surface area contributed by atoms with E-state index < -0.39 is 17.9 Å². The molecule has 0 spiro atoms. The van der Waals surface area contributed by atoms with E-state index in [-0.39, 0.29) is 11.7 Å². The smallest absolute Gasteiger partial charge is 0.326 e. The van der Waals surface area contributed by atoms with E-state index in [4.69, 9.17) is 4.42 Å². The van der Waals surface area contributed by atoms with Gasteiger partial charge < -0.3 is 14.8 Å². The predicted octanol–water partition coefficient (Wildman–Crippen LogP) is 2.61. The Morgan fingerprint density at radius 3 is 2.60 bits per heavy atom. The number of hydrogen-bond donors (Lipinski definition) is 2. The van der Waals surface area contributed by atoms with Gasteiger partial charge in [0.1, 0.15) is 11.8 Å². The van der Waals surface area contributed by atoms with Crippen LogP contribution in [-0.2, 0) is 11.2 Å². The standard InChI is InChI=1S/C15H21NO4/c1-2-11-8-9-12(20-11)14(17)16-13(15(18)19)10-6-4-3-5-7-10/h8-10,13H,2-7H2,1H3,(H,16,17)(H,18,19). The van der Waals surface area contributed by atoms with Crippen molar-refractivity contribution >= 4 is 11.9 Å². The van der Waals surface area contributed by atoms with E-state index in [0.29, 0.717) is 6.42 Å². The van der Waals surface area contributed by atoms with Crippen LogP contribution >= 0.6 is 0 Å². The highest BCUT2D eigenvalue weighted by Crippen LogP contribution is 2.27. The molecule has 0 bridgehead atoms. The Balaban J connectivity index is 2.03. The maximum absolute atomic E-state index is 12.1. The first-order chi connectivity index (χ1) is 9.61. The molecule has 1 amide bonds. The van der Waals surface area contributed by atoms with Gasteiger partial charge in [0, 0.05) is 6.42 Å². The first-order valence-electron chi connectivity index (χ1n) is 7.24. The monoisotopic (exact) mass is 279 g/mol. The van der Waals surface area contributed by atoms with Crippen molar-refractivity contribution in [1.29, 1.82) is 0 Å². The zero-order chi connectivity index (χ0) is 14.5. The fourth-order valence-corrected chi connectivity index (χ4v) is 2.75. The fraction of sp³-hybridized carbons (Fsp3) is 0.600. The summed E-state index contributed by atoms with van der Waals surface area (Å²) >= 11 is 0. The van der Waals surface area contributed by atoms with Gasteiger partial charge in [-0.3, -0.25) is 4.79 Å². The van der Waals surface area contributed by atoms with E-state index in [9.17, 15) is 14.7 Å². The van der Waals surface area contributed by atoms with E-state index >= 15 is 0 Å². The molecule has 2 N–H and O–H groups in total. The minimum absolute atomic E-state index is 0.0193. The molecule has 0 radical (unpaired) electrons. The summed E-state index contributed by atoms with van der Waals surface area (Å²) in [4.78, 5) is 23.4. The number of amides is 1. The van der Waals surface area contributed by atoms with Gasteiger partial charge in [-0.05, 0) is 30.9 Å². The van der Waals surface area contributed by atoms with E-state index in [0.717, 1.165) is 37.9 Å². The van der Waals surface area contributed by atoms with Gasteiger partial charge in [0.2, 0.25) is 0 Å². The number of carboxylic acid groups (broad SMARTS) is 1. The first-order valence-corrected chi connectivity index (χ1v) is 7.24. The van der Waals surface area contributed by atoms with Crippen LogP contribution in [0.4, 0.5) is 0 Å². The Labute approximate surface area is 118 Å². The molecule has 5 heteroatoms. The summed E-state index contributed by atoms with van der Waals surface area (Å²) in [5.74, 6) is -0.482. The number of rotatable bonds is 5. The summed E-state index contributed by atoms with van der Waals surface area (Å²) in [6, 6.07) is 2.51. The third-order valence-electron chi connectivity index (χ3n) is 3.91. The van der Waals surface area contributed by atoms with Crippen LogP contribution in [0.3, 0.4) is 0 Å². The SMILES string of the molecule is CCc1ccc(C(=O)NC(C(=O)O)C2CCCCC2)o1. The van der Waals surface area contributed by atoms with Crippen molar-refractivity contribution in [2.45, 2.75) is 51.5 Å². The molecule has 1 atom stereocenters. The van der Waals surface area contributed by atoms with Crippen molar-refractivity contribution in [3.8, 4) is 0 Å². The van der Waals surface area contributed by atoms with Gasteiger partial charge in [0.15, 0.2) is 5.76 Å². The number of carbonyl (C=O) groups excluding carboxylic acids is 1. The maximum Gasteiger partial charge on any atom is 0.326 e. The lowest BCUT2D eigenvalue weighted by Crippen LogP contribution is -2.46. The summed E-state index contributed by atoms with van der Waals surface area (Å²) in [7, 11) is 0. The van der Waals surface area contributed by atoms with Crippen LogP contribution in [0.25, 0.3) is 0 Å². The summed E-state index contributed by atoms with van der Waals surface area (Å²) < 4.78 is 5.36. The molecule has 1 unspecified atom stereocenters. The number of carboxylic acids is 1. The highest BCUT2D eigenvalue weighted by atomic mass is 16.4. The highest BCUT2D eigenvalue weighted by molar-refractivity contribution is 5.94. The third-order valence-corrected chi connectivity index (χ3v) is 3.91. The zero-order valence-corrected chi connectivity index (χ0v) is 11.7. The second kappa shape index (κ2) is 6.59. The van der Waals surface area contributed by atoms with Crippen LogP contribution in [0.1, 0.15) is 55.3 Å². The van der Waals surface area contributed by atoms with Crippen molar-refractivity contribution < 1.29 is 19.1 Å². The molecule has 1 saturated carbocycles. The van der Waals surface area contributed by atoms with Crippen LogP contribution in [0.2, 0.25) is 0 Å². The Hall–Kier alpha value is -1.78. The second-order valence-corrected chi connectivity index (χ2v) is 5.31. The summed E-state index contributed by atoms with van der Waals surface area (Å²) in [5, 5.41) is 11.9. The van der Waals surface area contributed by atoms with Crippen molar-refractivity contribution in [2.75, 3.05) is 0 Å². The second-order valence-electron chi connectivity index (χ2n) is 5.31. The van der Waals surface area contributed by atoms with E-state index in [2.05, 4.69) is 5.32 Å². The normalized spacial score (nSPS) is 17.6. The molecule has 110 valence electrons. The van der Waals surface area contributed by atoms with Crippen LogP contribution in [-0.4, -0.2) is 23.0 Å². The number of aryl methyl sites for hydroxylation is 1. The molecular formula is C15H21NO4. The lowest BCUT2D eigenvalue weighted by atomic mass is 9.84. The molecule has 1 fully saturated rings. The quantitative estimate of drug-likeness (QED) is 0.868. The minimum Gasteiger partial charge on any atom is -0.480 e. The number of aliphatic carboxylic acids is 1. The van der Waals surface area contributed by atoms with Crippen LogP contribution in [0, 0.1) is 5.92 Å². The van der Waals surface area contributed by atoms with Crippen molar-refractivity contribution in [3.63, 3.8) is 0 Å². The number of carbonyl (C=O) groups is 2. The van der Waals surface area contributed by atoms with Crippen molar-refractivity contribution in [1.82, 2.24) is 5.32 Å². The van der Waals surface area contributed by atoms with E-state index in [1.165, 1.54) is 0 Å². The average Bonchev–Trinajstić information content (AvgIpc) is 2.94. The first kappa shape index (κ1) is 14.6. The number of nitrogens with one attached hydrogen (secondary N) is 1.